The summed E-state index contributed by atoms with van der Waals surface area (Å²) in [5.74, 6) is 0. The van der Waals surface area contributed by atoms with Crippen molar-refractivity contribution in [2.75, 3.05) is 0 Å². The summed E-state index contributed by atoms with van der Waals surface area (Å²) in [5, 5.41) is 7.23. The SMILES string of the molecule is c1ccc(-c2ccc(-c3c4ccccc4c(-c4cc(-c5ccccc5)cc5oc6ccccc6c45)c4ccccc34)cc2)cc1. The highest BCUT2D eigenvalue weighted by Gasteiger charge is 2.21. The lowest BCUT2D eigenvalue weighted by Gasteiger charge is -2.19. The molecule has 1 heteroatoms. The van der Waals surface area contributed by atoms with Gasteiger partial charge < -0.3 is 4.42 Å². The molecule has 8 aromatic carbocycles. The minimum Gasteiger partial charge on any atom is -0.456 e. The van der Waals surface area contributed by atoms with Crippen molar-refractivity contribution in [1.29, 1.82) is 0 Å². The van der Waals surface area contributed by atoms with Crippen molar-refractivity contribution < 1.29 is 4.42 Å². The molecule has 1 nitrogen and oxygen atoms in total. The second-order valence-electron chi connectivity index (χ2n) is 11.6. The minimum atomic E-state index is 0.904. The number of furan rings is 1. The minimum absolute atomic E-state index is 0.904. The van der Waals surface area contributed by atoms with Crippen molar-refractivity contribution in [3.05, 3.63) is 170 Å². The first kappa shape index (κ1) is 25.6. The van der Waals surface area contributed by atoms with Crippen molar-refractivity contribution >= 4 is 43.5 Å². The fraction of sp³-hybridized carbons (Fsp3) is 0. The maximum absolute atomic E-state index is 6.54. The second kappa shape index (κ2) is 10.4. The predicted octanol–water partition coefficient (Wildman–Crippen LogP) is 12.6. The Morgan fingerprint density at radius 1 is 0.289 bits per heavy atom. The van der Waals surface area contributed by atoms with Crippen LogP contribution in [-0.2, 0) is 0 Å². The van der Waals surface area contributed by atoms with Gasteiger partial charge >= 0.3 is 0 Å². The van der Waals surface area contributed by atoms with Gasteiger partial charge in [-0.2, -0.15) is 0 Å². The standard InChI is InChI=1S/C44H28O/c1-3-13-29(14-4-1)31-23-25-32(26-24-31)42-34-17-7-9-19-36(34)43(37-20-10-8-18-35(37)42)39-27-33(30-15-5-2-6-16-30)28-41-44(39)38-21-11-12-22-40(38)45-41/h1-28H. The van der Waals surface area contributed by atoms with Crippen LogP contribution in [0.2, 0.25) is 0 Å². The number of fused-ring (bicyclic) bond motifs is 5. The summed E-state index contributed by atoms with van der Waals surface area (Å²) in [5.41, 5.74) is 11.5. The van der Waals surface area contributed by atoms with Crippen LogP contribution < -0.4 is 0 Å². The van der Waals surface area contributed by atoms with Gasteiger partial charge in [-0.25, -0.2) is 0 Å². The highest BCUT2D eigenvalue weighted by Crippen LogP contribution is 2.48. The van der Waals surface area contributed by atoms with E-state index in [-0.39, 0.29) is 0 Å². The summed E-state index contributed by atoms with van der Waals surface area (Å²) in [6, 6.07) is 60.9. The zero-order chi connectivity index (χ0) is 29.7. The fourth-order valence-corrected chi connectivity index (χ4v) is 7.04. The summed E-state index contributed by atoms with van der Waals surface area (Å²) in [6.07, 6.45) is 0. The summed E-state index contributed by atoms with van der Waals surface area (Å²) >= 11 is 0. The molecule has 9 rings (SSSR count). The molecule has 0 atom stereocenters. The molecule has 9 aromatic rings. The lowest BCUT2D eigenvalue weighted by molar-refractivity contribution is 0.669. The first-order valence-electron chi connectivity index (χ1n) is 15.4. The topological polar surface area (TPSA) is 13.1 Å². The molecule has 1 aromatic heterocycles. The predicted molar refractivity (Wildman–Crippen MR) is 190 cm³/mol. The van der Waals surface area contributed by atoms with Gasteiger partial charge in [0.25, 0.3) is 0 Å². The molecule has 0 fully saturated rings. The maximum atomic E-state index is 6.54. The van der Waals surface area contributed by atoms with Crippen molar-refractivity contribution in [3.8, 4) is 44.5 Å². The molecule has 0 spiro atoms. The summed E-state index contributed by atoms with van der Waals surface area (Å²) in [6.45, 7) is 0. The Morgan fingerprint density at radius 3 is 1.33 bits per heavy atom. The van der Waals surface area contributed by atoms with E-state index in [1.54, 1.807) is 0 Å². The molecule has 0 bridgehead atoms. The smallest absolute Gasteiger partial charge is 0.136 e. The van der Waals surface area contributed by atoms with Gasteiger partial charge in [0.2, 0.25) is 0 Å². The first-order valence-corrected chi connectivity index (χ1v) is 15.4. The molecule has 0 saturated carbocycles. The van der Waals surface area contributed by atoms with Crippen LogP contribution in [0.25, 0.3) is 88.0 Å². The zero-order valence-electron chi connectivity index (χ0n) is 24.6. The third-order valence-corrected chi connectivity index (χ3v) is 9.07. The van der Waals surface area contributed by atoms with Crippen LogP contribution in [-0.4, -0.2) is 0 Å². The molecule has 0 unspecified atom stereocenters. The molecule has 0 aliphatic carbocycles. The first-order chi connectivity index (χ1) is 22.3. The van der Waals surface area contributed by atoms with Crippen LogP contribution in [0.5, 0.6) is 0 Å². The lowest BCUT2D eigenvalue weighted by Crippen LogP contribution is -1.92. The van der Waals surface area contributed by atoms with Crippen molar-refractivity contribution in [2.45, 2.75) is 0 Å². The van der Waals surface area contributed by atoms with Gasteiger partial charge in [-0.3, -0.25) is 0 Å². The van der Waals surface area contributed by atoms with E-state index in [1.807, 2.05) is 6.07 Å². The van der Waals surface area contributed by atoms with E-state index in [4.69, 9.17) is 4.42 Å². The summed E-state index contributed by atoms with van der Waals surface area (Å²) in [4.78, 5) is 0. The molecular formula is C44H28O. The zero-order valence-corrected chi connectivity index (χ0v) is 24.6. The van der Waals surface area contributed by atoms with E-state index >= 15 is 0 Å². The van der Waals surface area contributed by atoms with Crippen LogP contribution in [0.4, 0.5) is 0 Å². The Bertz CT molecular complexity index is 2450. The van der Waals surface area contributed by atoms with Crippen LogP contribution >= 0.6 is 0 Å². The van der Waals surface area contributed by atoms with Gasteiger partial charge in [0.1, 0.15) is 11.2 Å². The summed E-state index contributed by atoms with van der Waals surface area (Å²) in [7, 11) is 0. The van der Waals surface area contributed by atoms with E-state index in [0.29, 0.717) is 0 Å². The molecule has 0 aliphatic rings. The quantitative estimate of drug-likeness (QED) is 0.191. The Kier molecular flexibility index (Phi) is 5.89. The molecule has 0 N–H and O–H groups in total. The number of rotatable bonds is 4. The van der Waals surface area contributed by atoms with Crippen LogP contribution in [0.1, 0.15) is 0 Å². The third-order valence-electron chi connectivity index (χ3n) is 9.07. The van der Waals surface area contributed by atoms with E-state index in [2.05, 4.69) is 164 Å². The molecule has 45 heavy (non-hydrogen) atoms. The van der Waals surface area contributed by atoms with Gasteiger partial charge in [0, 0.05) is 10.8 Å². The molecule has 0 aliphatic heterocycles. The lowest BCUT2D eigenvalue weighted by atomic mass is 9.84. The largest absolute Gasteiger partial charge is 0.456 e. The highest BCUT2D eigenvalue weighted by atomic mass is 16.3. The van der Waals surface area contributed by atoms with Crippen LogP contribution in [0.15, 0.2) is 174 Å². The van der Waals surface area contributed by atoms with Crippen molar-refractivity contribution in [1.82, 2.24) is 0 Å². The Morgan fingerprint density at radius 2 is 0.733 bits per heavy atom. The van der Waals surface area contributed by atoms with Crippen LogP contribution in [0.3, 0.4) is 0 Å². The third kappa shape index (κ3) is 4.17. The van der Waals surface area contributed by atoms with Gasteiger partial charge in [0.15, 0.2) is 0 Å². The molecular weight excluding hydrogens is 544 g/mol. The number of para-hydroxylation sites is 1. The van der Waals surface area contributed by atoms with Crippen LogP contribution in [0, 0.1) is 0 Å². The highest BCUT2D eigenvalue weighted by molar-refractivity contribution is 6.26. The average molecular weight is 573 g/mol. The second-order valence-corrected chi connectivity index (χ2v) is 11.6. The molecule has 0 radical (unpaired) electrons. The van der Waals surface area contributed by atoms with Crippen molar-refractivity contribution in [3.63, 3.8) is 0 Å². The summed E-state index contributed by atoms with van der Waals surface area (Å²) < 4.78 is 6.54. The van der Waals surface area contributed by atoms with Gasteiger partial charge in [-0.05, 0) is 84.3 Å². The number of hydrogen-bond acceptors (Lipinski definition) is 1. The molecule has 0 amide bonds. The normalized spacial score (nSPS) is 11.6. The Labute approximate surface area is 261 Å². The van der Waals surface area contributed by atoms with E-state index in [9.17, 15) is 0 Å². The van der Waals surface area contributed by atoms with Crippen molar-refractivity contribution in [2.24, 2.45) is 0 Å². The monoisotopic (exact) mass is 572 g/mol. The Hall–Kier alpha value is -5.92. The molecule has 210 valence electrons. The van der Waals surface area contributed by atoms with E-state index in [1.165, 1.54) is 60.5 Å². The van der Waals surface area contributed by atoms with Gasteiger partial charge in [-0.15, -0.1) is 0 Å². The van der Waals surface area contributed by atoms with Gasteiger partial charge in [-0.1, -0.05) is 152 Å². The maximum Gasteiger partial charge on any atom is 0.136 e. The number of hydrogen-bond donors (Lipinski definition) is 0. The molecule has 1 heterocycles. The fourth-order valence-electron chi connectivity index (χ4n) is 7.04. The van der Waals surface area contributed by atoms with E-state index in [0.717, 1.165) is 27.5 Å². The van der Waals surface area contributed by atoms with Gasteiger partial charge in [0.05, 0.1) is 0 Å². The van der Waals surface area contributed by atoms with E-state index < -0.39 is 0 Å². The number of benzene rings is 8. The average Bonchev–Trinajstić information content (AvgIpc) is 3.50. The molecule has 0 saturated heterocycles. The Balaban J connectivity index is 1.38.